The van der Waals surface area contributed by atoms with Crippen LogP contribution in [0.2, 0.25) is 4.47 Å². The van der Waals surface area contributed by atoms with Gasteiger partial charge >= 0.3 is 0 Å². The van der Waals surface area contributed by atoms with Crippen LogP contribution < -0.4 is 0 Å². The minimum atomic E-state index is 0.492. The fourth-order valence-corrected chi connectivity index (χ4v) is 7.55. The fraction of sp³-hybridized carbons (Fsp3) is 0.867. The van der Waals surface area contributed by atoms with Gasteiger partial charge < -0.3 is 0 Å². The average Bonchev–Trinajstić information content (AvgIpc) is 2.56. The summed E-state index contributed by atoms with van der Waals surface area (Å²) >= 11 is 7.52. The number of hydrogen-bond donors (Lipinski definition) is 0. The highest BCUT2D eigenvalue weighted by Gasteiger charge is 2.59. The quantitative estimate of drug-likeness (QED) is 0.788. The van der Waals surface area contributed by atoms with E-state index in [0.717, 1.165) is 17.3 Å². The molecule has 1 heterocycles. The second kappa shape index (κ2) is 3.73. The van der Waals surface area contributed by atoms with E-state index in [1.54, 1.807) is 11.3 Å². The predicted octanol–water partition coefficient (Wildman–Crippen LogP) is 4.73. The largest absolute Gasteiger partial charge is 0.207 e. The molecule has 1 aromatic heterocycles. The van der Waals surface area contributed by atoms with E-state index in [1.807, 2.05) is 0 Å². The summed E-state index contributed by atoms with van der Waals surface area (Å²) in [5.41, 5.74) is 1.66. The van der Waals surface area contributed by atoms with Gasteiger partial charge in [-0.1, -0.05) is 25.2 Å². The van der Waals surface area contributed by atoms with Crippen molar-refractivity contribution < 1.29 is 0 Å². The van der Waals surface area contributed by atoms with Crippen LogP contribution in [-0.4, -0.2) is 10.2 Å². The lowest BCUT2D eigenvalue weighted by Gasteiger charge is -2.65. The van der Waals surface area contributed by atoms with Crippen molar-refractivity contribution in [1.29, 1.82) is 0 Å². The van der Waals surface area contributed by atoms with Gasteiger partial charge in [0.25, 0.3) is 0 Å². The normalized spacial score (nSPS) is 47.8. The Bertz CT molecular complexity index is 508. The van der Waals surface area contributed by atoms with Crippen molar-refractivity contribution in [2.45, 2.75) is 58.8 Å². The summed E-state index contributed by atoms with van der Waals surface area (Å²) < 4.78 is 0.595. The summed E-state index contributed by atoms with van der Waals surface area (Å²) in [6, 6.07) is 0. The topological polar surface area (TPSA) is 25.8 Å². The second-order valence-electron chi connectivity index (χ2n) is 8.26. The van der Waals surface area contributed by atoms with Crippen molar-refractivity contribution in [3.05, 3.63) is 9.47 Å². The maximum Gasteiger partial charge on any atom is 0.207 e. The molecule has 2 unspecified atom stereocenters. The van der Waals surface area contributed by atoms with Gasteiger partial charge in [0.2, 0.25) is 4.47 Å². The lowest BCUT2D eigenvalue weighted by Crippen LogP contribution is -2.55. The highest BCUT2D eigenvalue weighted by atomic mass is 35.5. The van der Waals surface area contributed by atoms with Crippen LogP contribution in [0.5, 0.6) is 0 Å². The molecule has 4 aliphatic rings. The molecule has 19 heavy (non-hydrogen) atoms. The lowest BCUT2D eigenvalue weighted by atomic mass is 9.40. The van der Waals surface area contributed by atoms with Crippen molar-refractivity contribution in [3.63, 3.8) is 0 Å². The molecule has 4 fully saturated rings. The summed E-state index contributed by atoms with van der Waals surface area (Å²) in [7, 11) is 0. The van der Waals surface area contributed by atoms with Gasteiger partial charge in [0.1, 0.15) is 5.01 Å². The van der Waals surface area contributed by atoms with Gasteiger partial charge in [-0.25, -0.2) is 0 Å². The first-order valence-corrected chi connectivity index (χ1v) is 8.55. The Morgan fingerprint density at radius 3 is 2.32 bits per heavy atom. The molecule has 0 radical (unpaired) electrons. The number of rotatable bonds is 2. The van der Waals surface area contributed by atoms with Crippen LogP contribution in [0.25, 0.3) is 0 Å². The Kier molecular flexibility index (Phi) is 2.47. The molecule has 0 aromatic carbocycles. The smallest absolute Gasteiger partial charge is 0.142 e. The summed E-state index contributed by atoms with van der Waals surface area (Å²) in [6.07, 6.45) is 9.67. The maximum absolute atomic E-state index is 5.95. The van der Waals surface area contributed by atoms with Crippen molar-refractivity contribution in [2.24, 2.45) is 22.2 Å². The van der Waals surface area contributed by atoms with E-state index in [0.29, 0.717) is 20.7 Å². The molecule has 1 aromatic rings. The van der Waals surface area contributed by atoms with Crippen LogP contribution in [0.1, 0.15) is 57.4 Å². The summed E-state index contributed by atoms with van der Waals surface area (Å²) in [5, 5.41) is 9.41. The molecule has 2 atom stereocenters. The highest BCUT2D eigenvalue weighted by Crippen LogP contribution is 2.70. The Balaban J connectivity index is 1.67. The molecule has 4 aliphatic carbocycles. The molecule has 0 saturated heterocycles. The molecule has 5 rings (SSSR count). The first-order chi connectivity index (χ1) is 8.88. The van der Waals surface area contributed by atoms with Crippen LogP contribution in [0.15, 0.2) is 0 Å². The molecule has 4 heteroatoms. The molecule has 4 saturated carbocycles. The van der Waals surface area contributed by atoms with E-state index in [9.17, 15) is 0 Å². The summed E-state index contributed by atoms with van der Waals surface area (Å²) in [5.74, 6) is 0.953. The minimum Gasteiger partial charge on any atom is -0.142 e. The molecule has 0 aliphatic heterocycles. The van der Waals surface area contributed by atoms with Crippen molar-refractivity contribution in [1.82, 2.24) is 10.2 Å². The molecule has 0 amide bonds. The zero-order valence-corrected chi connectivity index (χ0v) is 13.3. The monoisotopic (exact) mass is 296 g/mol. The van der Waals surface area contributed by atoms with Crippen LogP contribution in [0.4, 0.5) is 0 Å². The van der Waals surface area contributed by atoms with Gasteiger partial charge in [-0.2, -0.15) is 0 Å². The third kappa shape index (κ3) is 2.04. The van der Waals surface area contributed by atoms with Gasteiger partial charge in [0, 0.05) is 6.42 Å². The molecular formula is C15H21ClN2S. The van der Waals surface area contributed by atoms with Crippen LogP contribution in [0.3, 0.4) is 0 Å². The first-order valence-electron chi connectivity index (χ1n) is 7.36. The summed E-state index contributed by atoms with van der Waals surface area (Å²) in [4.78, 5) is 0. The molecule has 104 valence electrons. The van der Waals surface area contributed by atoms with Crippen LogP contribution >= 0.6 is 22.9 Å². The van der Waals surface area contributed by atoms with Gasteiger partial charge in [-0.15, -0.1) is 10.2 Å². The third-order valence-electron chi connectivity index (χ3n) is 5.71. The van der Waals surface area contributed by atoms with E-state index < -0.39 is 0 Å². The number of aromatic nitrogens is 2. The minimum absolute atomic E-state index is 0.492. The Morgan fingerprint density at radius 1 is 1.11 bits per heavy atom. The van der Waals surface area contributed by atoms with Gasteiger partial charge in [0.05, 0.1) is 0 Å². The van der Waals surface area contributed by atoms with Crippen LogP contribution in [0, 0.1) is 22.2 Å². The molecule has 4 bridgehead atoms. The zero-order valence-electron chi connectivity index (χ0n) is 11.7. The average molecular weight is 297 g/mol. The predicted molar refractivity (Wildman–Crippen MR) is 78.5 cm³/mol. The van der Waals surface area contributed by atoms with Gasteiger partial charge in [-0.3, -0.25) is 0 Å². The Morgan fingerprint density at radius 2 is 1.79 bits per heavy atom. The van der Waals surface area contributed by atoms with E-state index in [-0.39, 0.29) is 0 Å². The summed E-state index contributed by atoms with van der Waals surface area (Å²) in [6.45, 7) is 5.05. The zero-order chi connectivity index (χ0) is 13.3. The number of halogens is 1. The molecule has 0 N–H and O–H groups in total. The highest BCUT2D eigenvalue weighted by molar-refractivity contribution is 7.15. The number of hydrogen-bond acceptors (Lipinski definition) is 3. The maximum atomic E-state index is 5.95. The first kappa shape index (κ1) is 12.6. The van der Waals surface area contributed by atoms with Gasteiger partial charge in [0.15, 0.2) is 0 Å². The van der Waals surface area contributed by atoms with Crippen molar-refractivity contribution >= 4 is 22.9 Å². The Hall–Kier alpha value is -0.150. The fourth-order valence-electron chi connectivity index (χ4n) is 6.51. The van der Waals surface area contributed by atoms with E-state index in [4.69, 9.17) is 11.6 Å². The SMILES string of the molecule is CC12CC3CC(C)(C1)CC(Cc1nnc(Cl)s1)(C3)C2. The molecular weight excluding hydrogens is 276 g/mol. The van der Waals surface area contributed by atoms with Gasteiger partial charge in [-0.05, 0) is 72.3 Å². The van der Waals surface area contributed by atoms with E-state index in [1.165, 1.54) is 38.5 Å². The third-order valence-corrected chi connectivity index (χ3v) is 6.73. The number of nitrogens with zero attached hydrogens (tertiary/aromatic N) is 2. The molecule has 2 nitrogen and oxygen atoms in total. The standard InChI is InChI=1S/C15H21ClN2S/c1-13-3-10-4-14(2,7-13)9-15(5-10,8-13)6-11-17-18-12(16)19-11/h10H,3-9H2,1-2H3. The Labute approximate surface area is 124 Å². The van der Waals surface area contributed by atoms with Crippen molar-refractivity contribution in [3.8, 4) is 0 Å². The molecule has 0 spiro atoms. The van der Waals surface area contributed by atoms with Crippen molar-refractivity contribution in [2.75, 3.05) is 0 Å². The lowest BCUT2D eigenvalue weighted by molar-refractivity contribution is -0.144. The van der Waals surface area contributed by atoms with Crippen LogP contribution in [-0.2, 0) is 6.42 Å². The van der Waals surface area contributed by atoms with E-state index in [2.05, 4.69) is 24.0 Å². The van der Waals surface area contributed by atoms with E-state index >= 15 is 0 Å². The second-order valence-corrected chi connectivity index (χ2v) is 9.90.